The van der Waals surface area contributed by atoms with E-state index < -0.39 is 0 Å². The van der Waals surface area contributed by atoms with Crippen LogP contribution in [0.5, 0.6) is 0 Å². The second-order valence-corrected chi connectivity index (χ2v) is 8.03. The maximum Gasteiger partial charge on any atom is 0.274 e. The third-order valence-electron chi connectivity index (χ3n) is 5.84. The third kappa shape index (κ3) is 4.77. The molecule has 5 rings (SSSR count). The minimum Gasteiger partial charge on any atom is -0.378 e. The average Bonchev–Trinajstić information content (AvgIpc) is 3.44. The standard InChI is InChI=1S/C26H26N6O2/c1-31(25(33)24-3-2-13-27-24)21-8-4-19(5-9-21)23-12-14-28-26(30-23)29-20-6-10-22(11-7-20)32-15-17-34-18-16-32/h2-14,27H,15-18H2,1H3,(H,28,29,30). The molecule has 0 saturated carbocycles. The molecule has 1 aliphatic rings. The number of hydrogen-bond donors (Lipinski definition) is 2. The van der Waals surface area contributed by atoms with Crippen LogP contribution in [0.3, 0.4) is 0 Å². The van der Waals surface area contributed by atoms with Crippen LogP contribution < -0.4 is 15.1 Å². The number of carbonyl (C=O) groups is 1. The Labute approximate surface area is 198 Å². The Morgan fingerprint density at radius 3 is 2.50 bits per heavy atom. The average molecular weight is 455 g/mol. The molecule has 8 heteroatoms. The fourth-order valence-corrected chi connectivity index (χ4v) is 3.90. The maximum atomic E-state index is 12.5. The molecule has 0 radical (unpaired) electrons. The van der Waals surface area contributed by atoms with Gasteiger partial charge in [-0.1, -0.05) is 12.1 Å². The molecule has 8 nitrogen and oxygen atoms in total. The fraction of sp³-hybridized carbons (Fsp3) is 0.192. The molecular formula is C26H26N6O2. The molecule has 34 heavy (non-hydrogen) atoms. The Morgan fingerprint density at radius 2 is 1.79 bits per heavy atom. The van der Waals surface area contributed by atoms with E-state index in [2.05, 4.69) is 37.3 Å². The Hall–Kier alpha value is -4.17. The van der Waals surface area contributed by atoms with Crippen molar-refractivity contribution in [3.63, 3.8) is 0 Å². The molecule has 2 aromatic heterocycles. The van der Waals surface area contributed by atoms with E-state index in [4.69, 9.17) is 4.74 Å². The summed E-state index contributed by atoms with van der Waals surface area (Å²) in [6, 6.07) is 21.4. The summed E-state index contributed by atoms with van der Waals surface area (Å²) in [7, 11) is 1.76. The molecular weight excluding hydrogens is 428 g/mol. The first-order valence-corrected chi connectivity index (χ1v) is 11.2. The van der Waals surface area contributed by atoms with Crippen LogP contribution in [0.2, 0.25) is 0 Å². The molecule has 2 aromatic carbocycles. The summed E-state index contributed by atoms with van der Waals surface area (Å²) in [5.74, 6) is 0.436. The highest BCUT2D eigenvalue weighted by molar-refractivity contribution is 6.04. The number of aromatic amines is 1. The SMILES string of the molecule is CN(C(=O)c1ccc[nH]1)c1ccc(-c2ccnc(Nc3ccc(N4CCOCC4)cc3)n2)cc1. The van der Waals surface area contributed by atoms with Gasteiger partial charge in [-0.15, -0.1) is 0 Å². The highest BCUT2D eigenvalue weighted by atomic mass is 16.5. The Balaban J connectivity index is 1.27. The number of aromatic nitrogens is 3. The molecule has 0 aliphatic carbocycles. The molecule has 0 atom stereocenters. The molecule has 0 unspecified atom stereocenters. The monoisotopic (exact) mass is 454 g/mol. The second kappa shape index (κ2) is 9.76. The molecule has 0 bridgehead atoms. The number of hydrogen-bond acceptors (Lipinski definition) is 6. The summed E-state index contributed by atoms with van der Waals surface area (Å²) in [4.78, 5) is 28.5. The number of nitrogens with one attached hydrogen (secondary N) is 2. The minimum absolute atomic E-state index is 0.0917. The zero-order valence-electron chi connectivity index (χ0n) is 18.9. The zero-order chi connectivity index (χ0) is 23.3. The van der Waals surface area contributed by atoms with Crippen molar-refractivity contribution in [3.8, 4) is 11.3 Å². The highest BCUT2D eigenvalue weighted by Gasteiger charge is 2.14. The Kier molecular flexibility index (Phi) is 6.22. The van der Waals surface area contributed by atoms with Crippen molar-refractivity contribution in [2.24, 2.45) is 0 Å². The minimum atomic E-state index is -0.0917. The zero-order valence-corrected chi connectivity index (χ0v) is 18.9. The lowest BCUT2D eigenvalue weighted by molar-refractivity contribution is 0.0989. The first-order valence-electron chi connectivity index (χ1n) is 11.2. The van der Waals surface area contributed by atoms with Gasteiger partial charge < -0.3 is 24.8 Å². The smallest absolute Gasteiger partial charge is 0.274 e. The van der Waals surface area contributed by atoms with Crippen LogP contribution in [-0.4, -0.2) is 54.2 Å². The lowest BCUT2D eigenvalue weighted by Gasteiger charge is -2.28. The maximum absolute atomic E-state index is 12.5. The van der Waals surface area contributed by atoms with Crippen molar-refractivity contribution in [2.45, 2.75) is 0 Å². The van der Waals surface area contributed by atoms with Crippen molar-refractivity contribution in [2.75, 3.05) is 48.5 Å². The van der Waals surface area contributed by atoms with Crippen molar-refractivity contribution < 1.29 is 9.53 Å². The van der Waals surface area contributed by atoms with Gasteiger partial charge in [0, 0.05) is 55.2 Å². The summed E-state index contributed by atoms with van der Waals surface area (Å²) >= 11 is 0. The number of ether oxygens (including phenoxy) is 1. The first-order chi connectivity index (χ1) is 16.7. The van der Waals surface area contributed by atoms with Crippen LogP contribution in [0.4, 0.5) is 23.0 Å². The molecule has 1 fully saturated rings. The van der Waals surface area contributed by atoms with Gasteiger partial charge in [-0.25, -0.2) is 9.97 Å². The predicted octanol–water partition coefficient (Wildman–Crippen LogP) is 4.33. The molecule has 1 aliphatic heterocycles. The van der Waals surface area contributed by atoms with Crippen molar-refractivity contribution in [1.82, 2.24) is 15.0 Å². The fourth-order valence-electron chi connectivity index (χ4n) is 3.90. The van der Waals surface area contributed by atoms with Gasteiger partial charge in [0.15, 0.2) is 0 Å². The Bertz CT molecular complexity index is 1230. The summed E-state index contributed by atoms with van der Waals surface area (Å²) in [5.41, 5.74) is 5.20. The summed E-state index contributed by atoms with van der Waals surface area (Å²) in [6.45, 7) is 3.35. The molecule has 1 amide bonds. The number of carbonyl (C=O) groups excluding carboxylic acids is 1. The van der Waals surface area contributed by atoms with Gasteiger partial charge in [0.2, 0.25) is 5.95 Å². The second-order valence-electron chi connectivity index (χ2n) is 8.03. The molecule has 2 N–H and O–H groups in total. The lowest BCUT2D eigenvalue weighted by Crippen LogP contribution is -2.36. The third-order valence-corrected chi connectivity index (χ3v) is 5.84. The van der Waals surface area contributed by atoms with E-state index in [1.165, 1.54) is 5.69 Å². The van der Waals surface area contributed by atoms with Gasteiger partial charge >= 0.3 is 0 Å². The molecule has 0 spiro atoms. The normalized spacial score (nSPS) is 13.5. The number of anilines is 4. The lowest BCUT2D eigenvalue weighted by atomic mass is 10.1. The molecule has 4 aromatic rings. The largest absolute Gasteiger partial charge is 0.378 e. The molecule has 3 heterocycles. The summed E-state index contributed by atoms with van der Waals surface area (Å²) in [5, 5.41) is 3.28. The number of rotatable bonds is 6. The highest BCUT2D eigenvalue weighted by Crippen LogP contribution is 2.24. The number of H-pyrrole nitrogens is 1. The van der Waals surface area contributed by atoms with Gasteiger partial charge in [0.05, 0.1) is 18.9 Å². The number of morpholine rings is 1. The van der Waals surface area contributed by atoms with Gasteiger partial charge in [-0.05, 0) is 54.6 Å². The van der Waals surface area contributed by atoms with Crippen molar-refractivity contribution in [3.05, 3.63) is 84.8 Å². The van der Waals surface area contributed by atoms with E-state index in [1.807, 2.05) is 48.5 Å². The predicted molar refractivity (Wildman–Crippen MR) is 134 cm³/mol. The van der Waals surface area contributed by atoms with Crippen LogP contribution in [-0.2, 0) is 4.74 Å². The van der Waals surface area contributed by atoms with Gasteiger partial charge in [0.1, 0.15) is 5.69 Å². The van der Waals surface area contributed by atoms with E-state index in [1.54, 1.807) is 30.4 Å². The van der Waals surface area contributed by atoms with Gasteiger partial charge in [-0.2, -0.15) is 0 Å². The molecule has 1 saturated heterocycles. The van der Waals surface area contributed by atoms with Gasteiger partial charge in [0.25, 0.3) is 5.91 Å². The number of amides is 1. The topological polar surface area (TPSA) is 86.4 Å². The van der Waals surface area contributed by atoms with E-state index >= 15 is 0 Å². The first kappa shape index (κ1) is 21.7. The van der Waals surface area contributed by atoms with Crippen molar-refractivity contribution >= 4 is 28.9 Å². The van der Waals surface area contributed by atoms with E-state index in [0.717, 1.165) is 48.9 Å². The number of nitrogens with zero attached hydrogens (tertiary/aromatic N) is 4. The van der Waals surface area contributed by atoms with Crippen LogP contribution in [0.25, 0.3) is 11.3 Å². The molecule has 172 valence electrons. The Morgan fingerprint density at radius 1 is 1.03 bits per heavy atom. The van der Waals surface area contributed by atoms with E-state index in [-0.39, 0.29) is 5.91 Å². The van der Waals surface area contributed by atoms with E-state index in [0.29, 0.717) is 11.6 Å². The quantitative estimate of drug-likeness (QED) is 0.451. The summed E-state index contributed by atoms with van der Waals surface area (Å²) in [6.07, 6.45) is 3.48. The van der Waals surface area contributed by atoms with Gasteiger partial charge in [-0.3, -0.25) is 4.79 Å². The van der Waals surface area contributed by atoms with E-state index in [9.17, 15) is 4.79 Å². The number of benzene rings is 2. The van der Waals surface area contributed by atoms with Crippen LogP contribution in [0, 0.1) is 0 Å². The van der Waals surface area contributed by atoms with Crippen LogP contribution in [0.1, 0.15) is 10.5 Å². The van der Waals surface area contributed by atoms with Crippen LogP contribution >= 0.6 is 0 Å². The van der Waals surface area contributed by atoms with Crippen molar-refractivity contribution in [1.29, 1.82) is 0 Å². The summed E-state index contributed by atoms with van der Waals surface area (Å²) < 4.78 is 5.43. The van der Waals surface area contributed by atoms with Crippen LogP contribution in [0.15, 0.2) is 79.1 Å².